The summed E-state index contributed by atoms with van der Waals surface area (Å²) in [4.78, 5) is 28.6. The van der Waals surface area contributed by atoms with Crippen molar-refractivity contribution in [2.24, 2.45) is 0 Å². The average Bonchev–Trinajstić information content (AvgIpc) is 2.93. The van der Waals surface area contributed by atoms with E-state index in [9.17, 15) is 9.59 Å². The van der Waals surface area contributed by atoms with Crippen LogP contribution in [-0.4, -0.2) is 25.7 Å². The number of hydrogen-bond acceptors (Lipinski definition) is 5. The van der Waals surface area contributed by atoms with E-state index in [-0.39, 0.29) is 0 Å². The number of benzene rings is 4. The van der Waals surface area contributed by atoms with Gasteiger partial charge >= 0.3 is 11.9 Å². The molecule has 0 amide bonds. The first-order valence-electron chi connectivity index (χ1n) is 12.3. The van der Waals surface area contributed by atoms with E-state index in [2.05, 4.69) is 24.3 Å². The Bertz CT molecular complexity index is 1340. The molecule has 0 fully saturated rings. The van der Waals surface area contributed by atoms with Gasteiger partial charge in [0.2, 0.25) is 4.90 Å². The average molecular weight is 528 g/mol. The molecule has 0 saturated carbocycles. The predicted molar refractivity (Wildman–Crippen MR) is 149 cm³/mol. The summed E-state index contributed by atoms with van der Waals surface area (Å²) in [7, 11) is 1.08. The van der Waals surface area contributed by atoms with Crippen LogP contribution in [0.5, 0.6) is 5.75 Å². The summed E-state index contributed by atoms with van der Waals surface area (Å²) in [5.74, 6) is -0.563. The van der Waals surface area contributed by atoms with Gasteiger partial charge in [-0.15, -0.1) is 0 Å². The quantitative estimate of drug-likeness (QED) is 0.178. The minimum atomic E-state index is -0.857. The van der Waals surface area contributed by atoms with Crippen molar-refractivity contribution in [1.29, 1.82) is 0 Å². The summed E-state index contributed by atoms with van der Waals surface area (Å²) in [6.45, 7) is 5.12. The third-order valence-corrected chi connectivity index (χ3v) is 8.26. The molecule has 0 heterocycles. The van der Waals surface area contributed by atoms with E-state index >= 15 is 0 Å². The van der Waals surface area contributed by atoms with Gasteiger partial charge in [-0.2, -0.15) is 0 Å². The molecule has 0 aliphatic heterocycles. The van der Waals surface area contributed by atoms with Crippen LogP contribution in [0.15, 0.2) is 118 Å². The SMILES string of the molecule is COc1ccc(C(=O)OCC(=O)OC(C)(C)c2ccc(C)cc2)cc1[S+](c1ccccc1)c1ccccc1. The highest BCUT2D eigenvalue weighted by molar-refractivity contribution is 7.97. The van der Waals surface area contributed by atoms with Crippen LogP contribution >= 0.6 is 0 Å². The zero-order valence-electron chi connectivity index (χ0n) is 22.0. The summed E-state index contributed by atoms with van der Waals surface area (Å²) in [6, 6.07) is 33.1. The van der Waals surface area contributed by atoms with Gasteiger partial charge in [0.1, 0.15) is 16.5 Å². The molecule has 0 atom stereocenters. The van der Waals surface area contributed by atoms with Crippen LogP contribution in [0.4, 0.5) is 0 Å². The minimum absolute atomic E-state index is 0.329. The third kappa shape index (κ3) is 6.45. The number of aryl methyl sites for hydroxylation is 1. The van der Waals surface area contributed by atoms with E-state index < -0.39 is 35.0 Å². The summed E-state index contributed by atoms with van der Waals surface area (Å²) in [6.07, 6.45) is 0. The first kappa shape index (κ1) is 27.0. The molecule has 0 aliphatic rings. The maximum atomic E-state index is 13.0. The lowest BCUT2D eigenvalue weighted by atomic mass is 9.97. The number of methoxy groups -OCH3 is 1. The summed E-state index contributed by atoms with van der Waals surface area (Å²) < 4.78 is 16.7. The molecule has 6 heteroatoms. The van der Waals surface area contributed by atoms with Gasteiger partial charge in [0, 0.05) is 6.07 Å². The second kappa shape index (κ2) is 12.0. The van der Waals surface area contributed by atoms with E-state index in [1.165, 1.54) is 0 Å². The maximum absolute atomic E-state index is 13.0. The van der Waals surface area contributed by atoms with Gasteiger partial charge in [0.25, 0.3) is 0 Å². The second-order valence-corrected chi connectivity index (χ2v) is 11.2. The van der Waals surface area contributed by atoms with Gasteiger partial charge < -0.3 is 14.2 Å². The Morgan fingerprint density at radius 2 is 1.37 bits per heavy atom. The molecule has 4 aromatic carbocycles. The molecular formula is C32H31O5S+. The zero-order valence-corrected chi connectivity index (χ0v) is 22.8. The fraction of sp³-hybridized carbons (Fsp3) is 0.188. The molecule has 4 rings (SSSR count). The van der Waals surface area contributed by atoms with Crippen molar-refractivity contribution in [3.05, 3.63) is 120 Å². The summed E-state index contributed by atoms with van der Waals surface area (Å²) >= 11 is 0. The Morgan fingerprint density at radius 1 is 0.789 bits per heavy atom. The van der Waals surface area contributed by atoms with Crippen molar-refractivity contribution >= 4 is 22.8 Å². The van der Waals surface area contributed by atoms with Gasteiger partial charge in [-0.3, -0.25) is 0 Å². The van der Waals surface area contributed by atoms with Crippen LogP contribution in [-0.2, 0) is 30.8 Å². The summed E-state index contributed by atoms with van der Waals surface area (Å²) in [5.41, 5.74) is 1.45. The van der Waals surface area contributed by atoms with E-state index in [0.717, 1.165) is 25.8 Å². The lowest BCUT2D eigenvalue weighted by Gasteiger charge is -2.25. The first-order chi connectivity index (χ1) is 18.3. The number of ether oxygens (including phenoxy) is 3. The van der Waals surface area contributed by atoms with Crippen LogP contribution in [0.1, 0.15) is 35.3 Å². The van der Waals surface area contributed by atoms with Crippen molar-refractivity contribution in [2.45, 2.75) is 41.1 Å². The number of rotatable bonds is 9. The number of carbonyl (C=O) groups is 2. The lowest BCUT2D eigenvalue weighted by Crippen LogP contribution is -2.28. The first-order valence-corrected chi connectivity index (χ1v) is 13.5. The molecular weight excluding hydrogens is 496 g/mol. The van der Waals surface area contributed by atoms with E-state index in [1.54, 1.807) is 39.2 Å². The highest BCUT2D eigenvalue weighted by atomic mass is 32.2. The van der Waals surface area contributed by atoms with Gasteiger partial charge in [-0.05, 0) is 62.7 Å². The lowest BCUT2D eigenvalue weighted by molar-refractivity contribution is -0.161. The zero-order chi connectivity index (χ0) is 27.1. The van der Waals surface area contributed by atoms with Crippen LogP contribution in [0, 0.1) is 6.92 Å². The second-order valence-electron chi connectivity index (χ2n) is 9.22. The Balaban J connectivity index is 1.54. The topological polar surface area (TPSA) is 61.8 Å². The van der Waals surface area contributed by atoms with Crippen molar-refractivity contribution in [3.63, 3.8) is 0 Å². The molecule has 0 N–H and O–H groups in total. The smallest absolute Gasteiger partial charge is 0.345 e. The number of hydrogen-bond donors (Lipinski definition) is 0. The fourth-order valence-electron chi connectivity index (χ4n) is 4.00. The summed E-state index contributed by atoms with van der Waals surface area (Å²) in [5, 5.41) is 0. The van der Waals surface area contributed by atoms with Crippen molar-refractivity contribution in [3.8, 4) is 5.75 Å². The molecule has 4 aromatic rings. The predicted octanol–water partition coefficient (Wildman–Crippen LogP) is 6.73. The number of esters is 2. The molecule has 0 unspecified atom stereocenters. The van der Waals surface area contributed by atoms with E-state index in [1.807, 2.05) is 67.6 Å². The van der Waals surface area contributed by atoms with Gasteiger partial charge in [-0.25, -0.2) is 9.59 Å². The Kier molecular flexibility index (Phi) is 8.54. The molecule has 0 aliphatic carbocycles. The normalized spacial score (nSPS) is 11.2. The van der Waals surface area contributed by atoms with Crippen LogP contribution in [0.2, 0.25) is 0 Å². The molecule has 194 valence electrons. The van der Waals surface area contributed by atoms with E-state index in [0.29, 0.717) is 11.3 Å². The van der Waals surface area contributed by atoms with E-state index in [4.69, 9.17) is 14.2 Å². The molecule has 0 saturated heterocycles. The monoisotopic (exact) mass is 527 g/mol. The largest absolute Gasteiger partial charge is 0.491 e. The van der Waals surface area contributed by atoms with Crippen molar-refractivity contribution in [1.82, 2.24) is 0 Å². The van der Waals surface area contributed by atoms with Gasteiger partial charge in [-0.1, -0.05) is 66.2 Å². The van der Waals surface area contributed by atoms with Crippen LogP contribution in [0.3, 0.4) is 0 Å². The Labute approximate surface area is 226 Å². The minimum Gasteiger partial charge on any atom is -0.491 e. The third-order valence-electron chi connectivity index (χ3n) is 6.01. The highest BCUT2D eigenvalue weighted by Gasteiger charge is 2.33. The Hall–Kier alpha value is -4.03. The Morgan fingerprint density at radius 3 is 1.92 bits per heavy atom. The standard InChI is InChI=1S/C32H31O5S/c1-23-15-18-25(19-16-23)32(2,3)37-30(33)22-36-31(34)24-17-20-28(35-4)29(21-24)38(26-11-7-5-8-12-26)27-13-9-6-10-14-27/h5-21H,22H2,1-4H3/q+1. The molecule has 0 radical (unpaired) electrons. The van der Waals surface area contributed by atoms with Gasteiger partial charge in [0.15, 0.2) is 22.1 Å². The van der Waals surface area contributed by atoms with Crippen molar-refractivity contribution < 1.29 is 23.8 Å². The highest BCUT2D eigenvalue weighted by Crippen LogP contribution is 2.37. The van der Waals surface area contributed by atoms with Crippen LogP contribution in [0.25, 0.3) is 0 Å². The molecule has 0 spiro atoms. The molecule has 0 aromatic heterocycles. The molecule has 0 bridgehead atoms. The van der Waals surface area contributed by atoms with Crippen LogP contribution < -0.4 is 4.74 Å². The molecule has 38 heavy (non-hydrogen) atoms. The maximum Gasteiger partial charge on any atom is 0.345 e. The van der Waals surface area contributed by atoms with Gasteiger partial charge in [0.05, 0.1) is 12.7 Å². The molecule has 5 nitrogen and oxygen atoms in total. The number of carbonyl (C=O) groups excluding carboxylic acids is 2. The fourth-order valence-corrected chi connectivity index (χ4v) is 6.24. The van der Waals surface area contributed by atoms with Crippen molar-refractivity contribution in [2.75, 3.05) is 13.7 Å².